The van der Waals surface area contributed by atoms with E-state index < -0.39 is 11.7 Å². The number of nitrogens with zero attached hydrogens (tertiary/aromatic N) is 1. The monoisotopic (exact) mass is 353 g/mol. The molecule has 4 nitrogen and oxygen atoms in total. The number of amides is 1. The maximum Gasteiger partial charge on any atom is 0.274 e. The third-order valence-electron chi connectivity index (χ3n) is 2.46. The third kappa shape index (κ3) is 3.37. The number of hydrogen-bond acceptors (Lipinski definition) is 3. The van der Waals surface area contributed by atoms with Gasteiger partial charge >= 0.3 is 0 Å². The van der Waals surface area contributed by atoms with E-state index >= 15 is 0 Å². The van der Waals surface area contributed by atoms with Crippen LogP contribution < -0.4 is 11.1 Å². The smallest absolute Gasteiger partial charge is 0.274 e. The molecule has 7 heteroatoms. The molecule has 2 aromatic rings. The van der Waals surface area contributed by atoms with Gasteiger partial charge in [-0.1, -0.05) is 28.1 Å². The topological polar surface area (TPSA) is 68.0 Å². The van der Waals surface area contributed by atoms with Gasteiger partial charge in [0.05, 0.1) is 5.69 Å². The van der Waals surface area contributed by atoms with E-state index in [9.17, 15) is 9.18 Å². The van der Waals surface area contributed by atoms with Crippen LogP contribution in [0.3, 0.4) is 0 Å². The van der Waals surface area contributed by atoms with E-state index in [1.807, 2.05) is 0 Å². The zero-order valence-electron chi connectivity index (χ0n) is 10.1. The third-order valence-corrected chi connectivity index (χ3v) is 3.19. The van der Waals surface area contributed by atoms with Crippen LogP contribution in [0.15, 0.2) is 41.0 Å². The van der Waals surface area contributed by atoms with Crippen LogP contribution in [0.25, 0.3) is 0 Å². The van der Waals surface area contributed by atoms with E-state index in [1.54, 1.807) is 12.1 Å². The second-order valence-electron chi connectivity index (χ2n) is 3.87. The van der Waals surface area contributed by atoms with Gasteiger partial charge in [0, 0.05) is 16.2 Å². The lowest BCUT2D eigenvalue weighted by Gasteiger charge is -2.06. The van der Waals surface area contributed by atoms with E-state index in [4.69, 9.17) is 18.0 Å². The SMILES string of the molecule is NC(=S)c1ccc(C(=O)Nc2ccc(Br)cc2F)nc1. The molecular weight excluding hydrogens is 345 g/mol. The maximum atomic E-state index is 13.6. The summed E-state index contributed by atoms with van der Waals surface area (Å²) in [6.07, 6.45) is 1.40. The Morgan fingerprint density at radius 2 is 2.10 bits per heavy atom. The highest BCUT2D eigenvalue weighted by Crippen LogP contribution is 2.19. The highest BCUT2D eigenvalue weighted by molar-refractivity contribution is 9.10. The molecule has 1 heterocycles. The molecule has 0 unspecified atom stereocenters. The summed E-state index contributed by atoms with van der Waals surface area (Å²) in [5, 5.41) is 2.44. The van der Waals surface area contributed by atoms with E-state index in [-0.39, 0.29) is 16.4 Å². The molecule has 0 aliphatic carbocycles. The molecular formula is C13H9BrFN3OS. The summed E-state index contributed by atoms with van der Waals surface area (Å²) < 4.78 is 14.2. The lowest BCUT2D eigenvalue weighted by atomic mass is 10.2. The van der Waals surface area contributed by atoms with Crippen molar-refractivity contribution in [3.05, 3.63) is 58.1 Å². The van der Waals surface area contributed by atoms with Gasteiger partial charge in [0.25, 0.3) is 5.91 Å². The number of carbonyl (C=O) groups is 1. The number of anilines is 1. The Kier molecular flexibility index (Phi) is 4.41. The number of hydrogen-bond donors (Lipinski definition) is 2. The molecule has 3 N–H and O–H groups in total. The molecule has 0 aliphatic heterocycles. The second-order valence-corrected chi connectivity index (χ2v) is 5.23. The van der Waals surface area contributed by atoms with Gasteiger partial charge in [-0.2, -0.15) is 0 Å². The fourth-order valence-electron chi connectivity index (χ4n) is 1.45. The molecule has 20 heavy (non-hydrogen) atoms. The molecule has 0 aliphatic rings. The van der Waals surface area contributed by atoms with Gasteiger partial charge in [-0.05, 0) is 30.3 Å². The van der Waals surface area contributed by atoms with Gasteiger partial charge < -0.3 is 11.1 Å². The Labute approximate surface area is 128 Å². The number of thiocarbonyl (C=S) groups is 1. The first-order valence-electron chi connectivity index (χ1n) is 5.49. The molecule has 0 saturated heterocycles. The number of carbonyl (C=O) groups excluding carboxylic acids is 1. The molecule has 2 rings (SSSR count). The molecule has 1 aromatic heterocycles. The summed E-state index contributed by atoms with van der Waals surface area (Å²) in [5.74, 6) is -1.05. The quantitative estimate of drug-likeness (QED) is 0.832. The van der Waals surface area contributed by atoms with Crippen LogP contribution in [-0.2, 0) is 0 Å². The van der Waals surface area contributed by atoms with Crippen LogP contribution in [0, 0.1) is 5.82 Å². The maximum absolute atomic E-state index is 13.6. The number of nitrogens with one attached hydrogen (secondary N) is 1. The number of nitrogens with two attached hydrogens (primary N) is 1. The highest BCUT2D eigenvalue weighted by atomic mass is 79.9. The Morgan fingerprint density at radius 3 is 2.65 bits per heavy atom. The predicted octanol–water partition coefficient (Wildman–Crippen LogP) is 2.87. The predicted molar refractivity (Wildman–Crippen MR) is 82.2 cm³/mol. The molecule has 0 atom stereocenters. The van der Waals surface area contributed by atoms with E-state index in [0.29, 0.717) is 10.0 Å². The Balaban J connectivity index is 2.17. The van der Waals surface area contributed by atoms with E-state index in [0.717, 1.165) is 0 Å². The first-order valence-corrected chi connectivity index (χ1v) is 6.70. The minimum absolute atomic E-state index is 0.0819. The normalized spacial score (nSPS) is 10.1. The summed E-state index contributed by atoms with van der Waals surface area (Å²) in [6.45, 7) is 0. The van der Waals surface area contributed by atoms with Crippen molar-refractivity contribution in [2.24, 2.45) is 5.73 Å². The van der Waals surface area contributed by atoms with Crippen LogP contribution in [0.1, 0.15) is 16.1 Å². The van der Waals surface area contributed by atoms with Crippen molar-refractivity contribution < 1.29 is 9.18 Å². The number of rotatable bonds is 3. The molecule has 0 spiro atoms. The van der Waals surface area contributed by atoms with Gasteiger partial charge in [-0.15, -0.1) is 0 Å². The average Bonchev–Trinajstić information content (AvgIpc) is 2.42. The van der Waals surface area contributed by atoms with Crippen molar-refractivity contribution >= 4 is 44.7 Å². The van der Waals surface area contributed by atoms with Gasteiger partial charge in [0.2, 0.25) is 0 Å². The summed E-state index contributed by atoms with van der Waals surface area (Å²) in [5.41, 5.74) is 6.22. The van der Waals surface area contributed by atoms with Crippen molar-refractivity contribution in [1.82, 2.24) is 4.98 Å². The minimum atomic E-state index is -0.535. The molecule has 0 fully saturated rings. The number of pyridine rings is 1. The van der Waals surface area contributed by atoms with Gasteiger partial charge in [-0.25, -0.2) is 4.39 Å². The molecule has 0 bridgehead atoms. The average molecular weight is 354 g/mol. The lowest BCUT2D eigenvalue weighted by molar-refractivity contribution is 0.102. The van der Waals surface area contributed by atoms with Crippen molar-refractivity contribution in [2.75, 3.05) is 5.32 Å². The van der Waals surface area contributed by atoms with Crippen molar-refractivity contribution in [3.8, 4) is 0 Å². The fraction of sp³-hybridized carbons (Fsp3) is 0. The van der Waals surface area contributed by atoms with E-state index in [1.165, 1.54) is 24.4 Å². The molecule has 0 radical (unpaired) electrons. The van der Waals surface area contributed by atoms with Crippen LogP contribution in [0.4, 0.5) is 10.1 Å². The van der Waals surface area contributed by atoms with Gasteiger partial charge in [-0.3, -0.25) is 9.78 Å². The van der Waals surface area contributed by atoms with Crippen LogP contribution in [0.2, 0.25) is 0 Å². The van der Waals surface area contributed by atoms with Gasteiger partial charge in [0.15, 0.2) is 0 Å². The Morgan fingerprint density at radius 1 is 1.35 bits per heavy atom. The van der Waals surface area contributed by atoms with Crippen molar-refractivity contribution in [1.29, 1.82) is 0 Å². The summed E-state index contributed by atoms with van der Waals surface area (Å²) >= 11 is 7.93. The minimum Gasteiger partial charge on any atom is -0.389 e. The molecule has 102 valence electrons. The lowest BCUT2D eigenvalue weighted by Crippen LogP contribution is -2.16. The molecule has 1 aromatic carbocycles. The largest absolute Gasteiger partial charge is 0.389 e. The zero-order chi connectivity index (χ0) is 14.7. The van der Waals surface area contributed by atoms with Crippen molar-refractivity contribution in [2.45, 2.75) is 0 Å². The fourth-order valence-corrected chi connectivity index (χ4v) is 1.91. The van der Waals surface area contributed by atoms with E-state index in [2.05, 4.69) is 26.2 Å². The summed E-state index contributed by atoms with van der Waals surface area (Å²) in [4.78, 5) is 16.0. The highest BCUT2D eigenvalue weighted by Gasteiger charge is 2.11. The van der Waals surface area contributed by atoms with Crippen LogP contribution >= 0.6 is 28.1 Å². The zero-order valence-corrected chi connectivity index (χ0v) is 12.5. The standard InChI is InChI=1S/C13H9BrFN3OS/c14-8-2-4-10(9(15)5-8)18-13(19)11-3-1-7(6-17-11)12(16)20/h1-6H,(H2,16,20)(H,18,19). The number of benzene rings is 1. The Bertz CT molecular complexity index is 676. The van der Waals surface area contributed by atoms with Crippen molar-refractivity contribution in [3.63, 3.8) is 0 Å². The first-order chi connectivity index (χ1) is 9.47. The van der Waals surface area contributed by atoms with Gasteiger partial charge in [0.1, 0.15) is 16.5 Å². The first kappa shape index (κ1) is 14.5. The Hall–Kier alpha value is -1.86. The summed E-state index contributed by atoms with van der Waals surface area (Å²) in [7, 11) is 0. The number of aromatic nitrogens is 1. The van der Waals surface area contributed by atoms with Crippen LogP contribution in [0.5, 0.6) is 0 Å². The summed E-state index contributed by atoms with van der Waals surface area (Å²) in [6, 6.07) is 7.41. The molecule has 1 amide bonds. The second kappa shape index (κ2) is 6.06. The number of halogens is 2. The van der Waals surface area contributed by atoms with Crippen LogP contribution in [-0.4, -0.2) is 15.9 Å². The molecule has 0 saturated carbocycles.